The molecule has 0 saturated heterocycles. The molecule has 0 aromatic carbocycles. The third kappa shape index (κ3) is 2.55. The standard InChI is InChI=1S/C11H16O2S/c12-10-5-1-2-6-11(10)14-8-9-4-3-7-13-9/h3-4,7,10-12H,1-2,5-6,8H2/t10-,11-/m0/s1. The van der Waals surface area contributed by atoms with Gasteiger partial charge in [-0.2, -0.15) is 0 Å². The van der Waals surface area contributed by atoms with Gasteiger partial charge in [0.05, 0.1) is 18.1 Å². The average molecular weight is 212 g/mol. The first kappa shape index (κ1) is 10.1. The molecule has 0 aliphatic heterocycles. The topological polar surface area (TPSA) is 33.4 Å². The average Bonchev–Trinajstić information content (AvgIpc) is 2.69. The van der Waals surface area contributed by atoms with E-state index in [4.69, 9.17) is 4.42 Å². The number of aliphatic hydroxyl groups is 1. The SMILES string of the molecule is O[C@H]1CCCC[C@@H]1SCc1ccco1. The van der Waals surface area contributed by atoms with Gasteiger partial charge in [0, 0.05) is 5.25 Å². The van der Waals surface area contributed by atoms with Crippen LogP contribution in [0.1, 0.15) is 31.4 Å². The molecule has 1 aromatic heterocycles. The van der Waals surface area contributed by atoms with E-state index < -0.39 is 0 Å². The van der Waals surface area contributed by atoms with E-state index in [9.17, 15) is 5.11 Å². The number of hydrogen-bond donors (Lipinski definition) is 1. The highest BCUT2D eigenvalue weighted by Crippen LogP contribution is 2.30. The number of furan rings is 1. The highest BCUT2D eigenvalue weighted by molar-refractivity contribution is 7.99. The van der Waals surface area contributed by atoms with Crippen molar-refractivity contribution in [2.24, 2.45) is 0 Å². The molecule has 1 aliphatic carbocycles. The molecule has 3 heteroatoms. The maximum Gasteiger partial charge on any atom is 0.113 e. The fourth-order valence-corrected chi connectivity index (χ4v) is 3.09. The van der Waals surface area contributed by atoms with Crippen molar-refractivity contribution in [2.45, 2.75) is 42.8 Å². The molecular weight excluding hydrogens is 196 g/mol. The van der Waals surface area contributed by atoms with Gasteiger partial charge >= 0.3 is 0 Å². The van der Waals surface area contributed by atoms with Gasteiger partial charge in [-0.3, -0.25) is 0 Å². The monoisotopic (exact) mass is 212 g/mol. The van der Waals surface area contributed by atoms with Gasteiger partial charge in [-0.1, -0.05) is 12.8 Å². The summed E-state index contributed by atoms with van der Waals surface area (Å²) in [6, 6.07) is 3.90. The Balaban J connectivity index is 1.79. The first-order chi connectivity index (χ1) is 6.86. The van der Waals surface area contributed by atoms with Crippen molar-refractivity contribution in [1.29, 1.82) is 0 Å². The van der Waals surface area contributed by atoms with Crippen LogP contribution < -0.4 is 0 Å². The summed E-state index contributed by atoms with van der Waals surface area (Å²) < 4.78 is 5.26. The van der Waals surface area contributed by atoms with Gasteiger partial charge in [0.15, 0.2) is 0 Å². The van der Waals surface area contributed by atoms with Crippen molar-refractivity contribution in [3.63, 3.8) is 0 Å². The number of thioether (sulfide) groups is 1. The van der Waals surface area contributed by atoms with E-state index in [2.05, 4.69) is 0 Å². The molecule has 0 spiro atoms. The third-order valence-electron chi connectivity index (χ3n) is 2.69. The first-order valence-electron chi connectivity index (χ1n) is 5.18. The molecule has 78 valence electrons. The second kappa shape index (κ2) is 4.89. The summed E-state index contributed by atoms with van der Waals surface area (Å²) in [5.41, 5.74) is 0. The van der Waals surface area contributed by atoms with E-state index in [0.717, 1.165) is 24.4 Å². The van der Waals surface area contributed by atoms with Crippen molar-refractivity contribution in [2.75, 3.05) is 0 Å². The van der Waals surface area contributed by atoms with Crippen molar-refractivity contribution in [3.05, 3.63) is 24.2 Å². The Morgan fingerprint density at radius 2 is 2.29 bits per heavy atom. The molecule has 0 unspecified atom stereocenters. The van der Waals surface area contributed by atoms with Gasteiger partial charge in [-0.15, -0.1) is 11.8 Å². The number of aliphatic hydroxyl groups excluding tert-OH is 1. The van der Waals surface area contributed by atoms with Crippen molar-refractivity contribution in [3.8, 4) is 0 Å². The number of rotatable bonds is 3. The van der Waals surface area contributed by atoms with E-state index >= 15 is 0 Å². The third-order valence-corrected chi connectivity index (χ3v) is 4.12. The van der Waals surface area contributed by atoms with Crippen LogP contribution in [0.15, 0.2) is 22.8 Å². The zero-order chi connectivity index (χ0) is 9.80. The molecule has 1 fully saturated rings. The molecule has 2 atom stereocenters. The van der Waals surface area contributed by atoms with E-state index in [1.54, 1.807) is 6.26 Å². The van der Waals surface area contributed by atoms with Gasteiger partial charge in [-0.25, -0.2) is 0 Å². The van der Waals surface area contributed by atoms with E-state index in [1.165, 1.54) is 12.8 Å². The summed E-state index contributed by atoms with van der Waals surface area (Å²) in [6.07, 6.45) is 6.14. The Kier molecular flexibility index (Phi) is 3.54. The predicted molar refractivity (Wildman–Crippen MR) is 58.3 cm³/mol. The second-order valence-electron chi connectivity index (χ2n) is 3.78. The molecular formula is C11H16O2S. The highest BCUT2D eigenvalue weighted by Gasteiger charge is 2.23. The van der Waals surface area contributed by atoms with Crippen LogP contribution in [0.3, 0.4) is 0 Å². The van der Waals surface area contributed by atoms with Crippen LogP contribution >= 0.6 is 11.8 Å². The van der Waals surface area contributed by atoms with Crippen LogP contribution in [-0.2, 0) is 5.75 Å². The Morgan fingerprint density at radius 1 is 1.43 bits per heavy atom. The Hall–Kier alpha value is -0.410. The lowest BCUT2D eigenvalue weighted by Gasteiger charge is -2.26. The van der Waals surface area contributed by atoms with Crippen molar-refractivity contribution < 1.29 is 9.52 Å². The Morgan fingerprint density at radius 3 is 3.00 bits per heavy atom. The minimum Gasteiger partial charge on any atom is -0.468 e. The summed E-state index contributed by atoms with van der Waals surface area (Å²) in [4.78, 5) is 0. The zero-order valence-corrected chi connectivity index (χ0v) is 9.00. The molecule has 1 aliphatic rings. The minimum absolute atomic E-state index is 0.108. The van der Waals surface area contributed by atoms with E-state index in [-0.39, 0.29) is 6.10 Å². The molecule has 14 heavy (non-hydrogen) atoms. The fourth-order valence-electron chi connectivity index (χ4n) is 1.86. The maximum atomic E-state index is 9.75. The van der Waals surface area contributed by atoms with E-state index in [0.29, 0.717) is 5.25 Å². The Labute approximate surface area is 88.7 Å². The van der Waals surface area contributed by atoms with Crippen molar-refractivity contribution >= 4 is 11.8 Å². The summed E-state index contributed by atoms with van der Waals surface area (Å²) in [6.45, 7) is 0. The van der Waals surface area contributed by atoms with Crippen LogP contribution in [0.5, 0.6) is 0 Å². The quantitative estimate of drug-likeness (QED) is 0.836. The summed E-state index contributed by atoms with van der Waals surface area (Å²) in [7, 11) is 0. The van der Waals surface area contributed by atoms with Crippen LogP contribution in [0.2, 0.25) is 0 Å². The van der Waals surface area contributed by atoms with Gasteiger partial charge in [0.2, 0.25) is 0 Å². The lowest BCUT2D eigenvalue weighted by molar-refractivity contribution is 0.137. The van der Waals surface area contributed by atoms with E-state index in [1.807, 2.05) is 23.9 Å². The fraction of sp³-hybridized carbons (Fsp3) is 0.636. The minimum atomic E-state index is -0.108. The molecule has 0 amide bonds. The second-order valence-corrected chi connectivity index (χ2v) is 5.01. The molecule has 0 radical (unpaired) electrons. The lowest BCUT2D eigenvalue weighted by Crippen LogP contribution is -2.26. The Bertz CT molecular complexity index is 258. The van der Waals surface area contributed by atoms with Crippen LogP contribution in [-0.4, -0.2) is 16.5 Å². The van der Waals surface area contributed by atoms with Gasteiger partial charge in [0.25, 0.3) is 0 Å². The summed E-state index contributed by atoms with van der Waals surface area (Å²) in [5, 5.41) is 10.2. The van der Waals surface area contributed by atoms with Crippen LogP contribution in [0, 0.1) is 0 Å². The highest BCUT2D eigenvalue weighted by atomic mass is 32.2. The zero-order valence-electron chi connectivity index (χ0n) is 8.19. The molecule has 1 saturated carbocycles. The summed E-state index contributed by atoms with van der Waals surface area (Å²) in [5.74, 6) is 1.89. The molecule has 1 heterocycles. The normalized spacial score (nSPS) is 27.8. The predicted octanol–water partition coefficient (Wildman–Crippen LogP) is 2.82. The largest absolute Gasteiger partial charge is 0.468 e. The smallest absolute Gasteiger partial charge is 0.113 e. The molecule has 1 N–H and O–H groups in total. The first-order valence-corrected chi connectivity index (χ1v) is 6.23. The van der Waals surface area contributed by atoms with Gasteiger partial charge < -0.3 is 9.52 Å². The van der Waals surface area contributed by atoms with Gasteiger partial charge in [0.1, 0.15) is 5.76 Å². The van der Waals surface area contributed by atoms with Crippen LogP contribution in [0.4, 0.5) is 0 Å². The van der Waals surface area contributed by atoms with Crippen LogP contribution in [0.25, 0.3) is 0 Å². The van der Waals surface area contributed by atoms with Gasteiger partial charge in [-0.05, 0) is 25.0 Å². The lowest BCUT2D eigenvalue weighted by atomic mass is 9.97. The molecule has 2 rings (SSSR count). The molecule has 0 bridgehead atoms. The molecule has 2 nitrogen and oxygen atoms in total. The molecule has 1 aromatic rings. The number of hydrogen-bond acceptors (Lipinski definition) is 3. The maximum absolute atomic E-state index is 9.75. The van der Waals surface area contributed by atoms with Crippen molar-refractivity contribution in [1.82, 2.24) is 0 Å². The summed E-state index contributed by atoms with van der Waals surface area (Å²) >= 11 is 1.82.